The summed E-state index contributed by atoms with van der Waals surface area (Å²) in [7, 11) is 3.97. The quantitative estimate of drug-likeness (QED) is 0.810. The van der Waals surface area contributed by atoms with Crippen LogP contribution in [0.3, 0.4) is 0 Å². The number of likely N-dealkylation sites (tertiary alicyclic amines) is 1. The Hall–Kier alpha value is -1.10. The summed E-state index contributed by atoms with van der Waals surface area (Å²) in [6, 6.07) is 0. The Morgan fingerprint density at radius 3 is 2.50 bits per heavy atom. The number of rotatable bonds is 6. The van der Waals surface area contributed by atoms with E-state index in [2.05, 4.69) is 19.2 Å². The van der Waals surface area contributed by atoms with Gasteiger partial charge in [-0.3, -0.25) is 9.59 Å². The molecule has 128 valence electrons. The molecule has 1 aliphatic rings. The monoisotopic (exact) mass is 311 g/mol. The molecule has 0 aromatic heterocycles. The fourth-order valence-electron chi connectivity index (χ4n) is 2.58. The standard InChI is InChI=1S/C17H33N3O2/c1-13(2)17(3,4)16(22)20-10-7-8-14(12-20)15(21)18-9-11-19(5)6/h13-14H,7-12H2,1-6H3,(H,18,21). The number of nitrogens with one attached hydrogen (secondary N) is 1. The van der Waals surface area contributed by atoms with Crippen LogP contribution in [0, 0.1) is 17.3 Å². The van der Waals surface area contributed by atoms with Crippen molar-refractivity contribution in [1.82, 2.24) is 15.1 Å². The van der Waals surface area contributed by atoms with Gasteiger partial charge in [-0.05, 0) is 32.9 Å². The van der Waals surface area contributed by atoms with Crippen LogP contribution in [0.5, 0.6) is 0 Å². The molecule has 0 saturated carbocycles. The van der Waals surface area contributed by atoms with E-state index in [1.54, 1.807) is 0 Å². The molecule has 0 aromatic rings. The van der Waals surface area contributed by atoms with E-state index in [4.69, 9.17) is 0 Å². The van der Waals surface area contributed by atoms with Crippen LogP contribution in [-0.4, -0.2) is 61.9 Å². The van der Waals surface area contributed by atoms with E-state index in [0.717, 1.165) is 25.9 Å². The third kappa shape index (κ3) is 4.97. The largest absolute Gasteiger partial charge is 0.355 e. The topological polar surface area (TPSA) is 52.7 Å². The maximum Gasteiger partial charge on any atom is 0.228 e. The molecule has 0 aliphatic carbocycles. The van der Waals surface area contributed by atoms with E-state index in [1.165, 1.54) is 0 Å². The minimum Gasteiger partial charge on any atom is -0.355 e. The second-order valence-electron chi connectivity index (χ2n) is 7.56. The normalized spacial score (nSPS) is 19.6. The zero-order valence-electron chi connectivity index (χ0n) is 15.1. The predicted octanol–water partition coefficient (Wildman–Crippen LogP) is 1.59. The first-order chi connectivity index (χ1) is 10.2. The number of carbonyl (C=O) groups is 2. The van der Waals surface area contributed by atoms with Crippen LogP contribution in [0.25, 0.3) is 0 Å². The minimum atomic E-state index is -0.372. The maximum atomic E-state index is 12.7. The van der Waals surface area contributed by atoms with E-state index in [-0.39, 0.29) is 29.1 Å². The number of amides is 2. The molecule has 1 fully saturated rings. The average molecular weight is 311 g/mol. The van der Waals surface area contributed by atoms with Gasteiger partial charge in [0.2, 0.25) is 11.8 Å². The summed E-state index contributed by atoms with van der Waals surface area (Å²) in [5.74, 6) is 0.479. The average Bonchev–Trinajstić information content (AvgIpc) is 2.45. The van der Waals surface area contributed by atoms with Crippen molar-refractivity contribution < 1.29 is 9.59 Å². The van der Waals surface area contributed by atoms with Crippen molar-refractivity contribution in [2.75, 3.05) is 40.3 Å². The summed E-state index contributed by atoms with van der Waals surface area (Å²) in [5.41, 5.74) is -0.372. The smallest absolute Gasteiger partial charge is 0.228 e. The van der Waals surface area contributed by atoms with Crippen molar-refractivity contribution in [3.63, 3.8) is 0 Å². The molecule has 0 bridgehead atoms. The van der Waals surface area contributed by atoms with Crippen molar-refractivity contribution in [2.24, 2.45) is 17.3 Å². The van der Waals surface area contributed by atoms with Crippen LogP contribution in [0.1, 0.15) is 40.5 Å². The predicted molar refractivity (Wildman–Crippen MR) is 89.5 cm³/mol. The summed E-state index contributed by atoms with van der Waals surface area (Å²) in [4.78, 5) is 28.9. The van der Waals surface area contributed by atoms with E-state index < -0.39 is 0 Å². The highest BCUT2D eigenvalue weighted by Crippen LogP contribution is 2.30. The SMILES string of the molecule is CC(C)C(C)(C)C(=O)N1CCCC(C(=O)NCCN(C)C)C1. The lowest BCUT2D eigenvalue weighted by molar-refractivity contribution is -0.145. The first-order valence-electron chi connectivity index (χ1n) is 8.38. The molecule has 5 heteroatoms. The van der Waals surface area contributed by atoms with E-state index >= 15 is 0 Å². The summed E-state index contributed by atoms with van der Waals surface area (Å²) in [6.45, 7) is 11.0. The molecule has 1 rings (SSSR count). The fourth-order valence-corrected chi connectivity index (χ4v) is 2.58. The molecule has 1 aliphatic heterocycles. The first kappa shape index (κ1) is 18.9. The van der Waals surface area contributed by atoms with Crippen molar-refractivity contribution in [2.45, 2.75) is 40.5 Å². The van der Waals surface area contributed by atoms with Gasteiger partial charge < -0.3 is 15.1 Å². The lowest BCUT2D eigenvalue weighted by Gasteiger charge is -2.38. The Labute approximate surface area is 135 Å². The van der Waals surface area contributed by atoms with Crippen molar-refractivity contribution >= 4 is 11.8 Å². The Morgan fingerprint density at radius 1 is 1.32 bits per heavy atom. The zero-order valence-corrected chi connectivity index (χ0v) is 15.1. The molecular formula is C17H33N3O2. The van der Waals surface area contributed by atoms with Crippen LogP contribution in [0.4, 0.5) is 0 Å². The number of nitrogens with zero attached hydrogens (tertiary/aromatic N) is 2. The van der Waals surface area contributed by atoms with Gasteiger partial charge in [-0.2, -0.15) is 0 Å². The van der Waals surface area contributed by atoms with E-state index in [0.29, 0.717) is 13.1 Å². The molecule has 1 saturated heterocycles. The van der Waals surface area contributed by atoms with Gasteiger partial charge in [0.05, 0.1) is 5.92 Å². The van der Waals surface area contributed by atoms with Gasteiger partial charge in [0.25, 0.3) is 0 Å². The molecule has 1 unspecified atom stereocenters. The van der Waals surface area contributed by atoms with Gasteiger partial charge >= 0.3 is 0 Å². The molecule has 1 N–H and O–H groups in total. The van der Waals surface area contributed by atoms with E-state index in [9.17, 15) is 9.59 Å². The Bertz CT molecular complexity index is 391. The fraction of sp³-hybridized carbons (Fsp3) is 0.882. The summed E-state index contributed by atoms with van der Waals surface area (Å²) in [5, 5.41) is 2.99. The van der Waals surface area contributed by atoms with Crippen molar-refractivity contribution in [3.8, 4) is 0 Å². The molecule has 0 radical (unpaired) electrons. The number of hydrogen-bond donors (Lipinski definition) is 1. The molecule has 22 heavy (non-hydrogen) atoms. The number of carbonyl (C=O) groups excluding carboxylic acids is 2. The van der Waals surface area contributed by atoms with Crippen LogP contribution in [-0.2, 0) is 9.59 Å². The lowest BCUT2D eigenvalue weighted by Crippen LogP contribution is -2.50. The number of hydrogen-bond acceptors (Lipinski definition) is 3. The van der Waals surface area contributed by atoms with Gasteiger partial charge in [-0.25, -0.2) is 0 Å². The van der Waals surface area contributed by atoms with Gasteiger partial charge in [-0.15, -0.1) is 0 Å². The lowest BCUT2D eigenvalue weighted by atomic mass is 9.79. The highest BCUT2D eigenvalue weighted by Gasteiger charge is 2.37. The molecular weight excluding hydrogens is 278 g/mol. The van der Waals surface area contributed by atoms with Crippen LogP contribution < -0.4 is 5.32 Å². The minimum absolute atomic E-state index is 0.0668. The van der Waals surface area contributed by atoms with E-state index in [1.807, 2.05) is 37.7 Å². The second kappa shape index (κ2) is 7.95. The van der Waals surface area contributed by atoms with Crippen LogP contribution in [0.15, 0.2) is 0 Å². The molecule has 1 atom stereocenters. The van der Waals surface area contributed by atoms with Gasteiger partial charge in [-0.1, -0.05) is 27.7 Å². The summed E-state index contributed by atoms with van der Waals surface area (Å²) in [6.07, 6.45) is 1.78. The van der Waals surface area contributed by atoms with Gasteiger partial charge in [0.1, 0.15) is 0 Å². The first-order valence-corrected chi connectivity index (χ1v) is 8.38. The number of likely N-dealkylation sites (N-methyl/N-ethyl adjacent to an activating group) is 1. The highest BCUT2D eigenvalue weighted by molar-refractivity contribution is 5.84. The third-order valence-electron chi connectivity index (χ3n) is 4.93. The summed E-state index contributed by atoms with van der Waals surface area (Å²) >= 11 is 0. The molecule has 5 nitrogen and oxygen atoms in total. The Kier molecular flexibility index (Phi) is 6.85. The van der Waals surface area contributed by atoms with Crippen LogP contribution >= 0.6 is 0 Å². The van der Waals surface area contributed by atoms with Crippen LogP contribution in [0.2, 0.25) is 0 Å². The Balaban J connectivity index is 2.57. The van der Waals surface area contributed by atoms with Crippen molar-refractivity contribution in [3.05, 3.63) is 0 Å². The molecule has 0 aromatic carbocycles. The molecule has 1 heterocycles. The summed E-state index contributed by atoms with van der Waals surface area (Å²) < 4.78 is 0. The Morgan fingerprint density at radius 2 is 1.95 bits per heavy atom. The molecule has 2 amide bonds. The zero-order chi connectivity index (χ0) is 16.9. The number of piperidine rings is 1. The molecule has 0 spiro atoms. The third-order valence-corrected chi connectivity index (χ3v) is 4.93. The van der Waals surface area contributed by atoms with Crippen molar-refractivity contribution in [1.29, 1.82) is 0 Å². The maximum absolute atomic E-state index is 12.7. The van der Waals surface area contributed by atoms with Gasteiger partial charge in [0.15, 0.2) is 0 Å². The second-order valence-corrected chi connectivity index (χ2v) is 7.56. The van der Waals surface area contributed by atoms with Gasteiger partial charge in [0, 0.05) is 31.6 Å². The highest BCUT2D eigenvalue weighted by atomic mass is 16.2.